The topological polar surface area (TPSA) is 109 Å². The Hall–Kier alpha value is -3.61. The average Bonchev–Trinajstić information content (AvgIpc) is 2.64. The number of aromatic hydroxyl groups is 1. The quantitative estimate of drug-likeness (QED) is 0.653. The summed E-state index contributed by atoms with van der Waals surface area (Å²) < 4.78 is 4.84. The summed E-state index contributed by atoms with van der Waals surface area (Å²) in [7, 11) is 0. The van der Waals surface area contributed by atoms with Gasteiger partial charge in [0.15, 0.2) is 11.5 Å². The van der Waals surface area contributed by atoms with Crippen LogP contribution < -0.4 is 16.1 Å². The Morgan fingerprint density at radius 1 is 1.08 bits per heavy atom. The van der Waals surface area contributed by atoms with Crippen LogP contribution in [0.15, 0.2) is 64.0 Å². The van der Waals surface area contributed by atoms with Crippen molar-refractivity contribution in [3.63, 3.8) is 0 Å². The molecule has 1 aromatic heterocycles. The lowest BCUT2D eigenvalue weighted by molar-refractivity contribution is -0.116. The summed E-state index contributed by atoms with van der Waals surface area (Å²) in [4.78, 5) is 35.3. The SMILES string of the molecule is O=C(CCNC(=O)c1cc(=O)c(O)co1)Nc1cccc2ccccc12. The Kier molecular flexibility index (Phi) is 4.98. The van der Waals surface area contributed by atoms with Crippen LogP contribution in [0.1, 0.15) is 17.0 Å². The number of hydrogen-bond donors (Lipinski definition) is 3. The Bertz CT molecular complexity index is 1020. The van der Waals surface area contributed by atoms with Crippen molar-refractivity contribution in [3.8, 4) is 5.75 Å². The zero-order valence-corrected chi connectivity index (χ0v) is 13.7. The molecule has 0 saturated carbocycles. The van der Waals surface area contributed by atoms with Crippen molar-refractivity contribution < 1.29 is 19.1 Å². The van der Waals surface area contributed by atoms with E-state index in [0.29, 0.717) is 5.69 Å². The first-order chi connectivity index (χ1) is 12.5. The van der Waals surface area contributed by atoms with E-state index in [4.69, 9.17) is 9.52 Å². The van der Waals surface area contributed by atoms with Crippen LogP contribution in [0.25, 0.3) is 10.8 Å². The number of benzene rings is 2. The van der Waals surface area contributed by atoms with Crippen LogP contribution in [-0.2, 0) is 4.79 Å². The molecular weight excluding hydrogens is 336 g/mol. The van der Waals surface area contributed by atoms with E-state index in [1.807, 2.05) is 42.5 Å². The molecule has 2 amide bonds. The number of hydrogen-bond acceptors (Lipinski definition) is 5. The zero-order chi connectivity index (χ0) is 18.5. The van der Waals surface area contributed by atoms with E-state index in [9.17, 15) is 14.4 Å². The standard InChI is InChI=1S/C19H16N2O5/c22-15-10-17(26-11-16(15)23)19(25)20-9-8-18(24)21-14-7-3-5-12-4-1-2-6-13(12)14/h1-7,10-11,23H,8-9H2,(H,20,25)(H,21,24). The van der Waals surface area contributed by atoms with Gasteiger partial charge in [0.1, 0.15) is 6.26 Å². The summed E-state index contributed by atoms with van der Waals surface area (Å²) in [6.07, 6.45) is 0.849. The van der Waals surface area contributed by atoms with E-state index >= 15 is 0 Å². The van der Waals surface area contributed by atoms with Gasteiger partial charge in [-0.15, -0.1) is 0 Å². The van der Waals surface area contributed by atoms with E-state index < -0.39 is 17.1 Å². The van der Waals surface area contributed by atoms with Crippen molar-refractivity contribution in [1.29, 1.82) is 0 Å². The zero-order valence-electron chi connectivity index (χ0n) is 13.7. The van der Waals surface area contributed by atoms with Crippen LogP contribution in [0, 0.1) is 0 Å². The summed E-state index contributed by atoms with van der Waals surface area (Å²) >= 11 is 0. The molecule has 0 radical (unpaired) electrons. The molecule has 0 aliphatic carbocycles. The predicted octanol–water partition coefficient (Wildman–Crippen LogP) is 2.26. The van der Waals surface area contributed by atoms with E-state index in [1.165, 1.54) is 0 Å². The molecule has 2 aromatic carbocycles. The number of anilines is 1. The normalized spacial score (nSPS) is 10.5. The molecule has 0 aliphatic rings. The van der Waals surface area contributed by atoms with Gasteiger partial charge < -0.3 is 20.2 Å². The Balaban J connectivity index is 1.56. The Morgan fingerprint density at radius 2 is 1.85 bits per heavy atom. The molecule has 0 fully saturated rings. The summed E-state index contributed by atoms with van der Waals surface area (Å²) in [5.41, 5.74) is -0.0148. The molecule has 0 bridgehead atoms. The van der Waals surface area contributed by atoms with Gasteiger partial charge in [0.25, 0.3) is 5.91 Å². The predicted molar refractivity (Wildman–Crippen MR) is 96.2 cm³/mol. The number of carbonyl (C=O) groups is 2. The summed E-state index contributed by atoms with van der Waals surface area (Å²) in [6, 6.07) is 14.2. The molecule has 7 heteroatoms. The monoisotopic (exact) mass is 352 g/mol. The van der Waals surface area contributed by atoms with Crippen LogP contribution in [0.2, 0.25) is 0 Å². The second-order valence-electron chi connectivity index (χ2n) is 5.57. The molecule has 3 N–H and O–H groups in total. The molecule has 132 valence electrons. The molecule has 0 unspecified atom stereocenters. The molecule has 1 heterocycles. The minimum atomic E-state index is -0.713. The minimum Gasteiger partial charge on any atom is -0.502 e. The fourth-order valence-electron chi connectivity index (χ4n) is 2.45. The lowest BCUT2D eigenvalue weighted by atomic mass is 10.1. The molecule has 3 rings (SSSR count). The molecule has 0 spiro atoms. The number of rotatable bonds is 5. The molecule has 3 aromatic rings. The third-order valence-corrected chi connectivity index (χ3v) is 3.74. The largest absolute Gasteiger partial charge is 0.502 e. The maximum absolute atomic E-state index is 12.1. The van der Waals surface area contributed by atoms with E-state index in [2.05, 4.69) is 10.6 Å². The highest BCUT2D eigenvalue weighted by Crippen LogP contribution is 2.22. The second kappa shape index (κ2) is 7.52. The highest BCUT2D eigenvalue weighted by Gasteiger charge is 2.12. The molecular formula is C19H16N2O5. The number of carbonyl (C=O) groups excluding carboxylic acids is 2. The maximum Gasteiger partial charge on any atom is 0.287 e. The van der Waals surface area contributed by atoms with E-state index in [0.717, 1.165) is 23.1 Å². The van der Waals surface area contributed by atoms with Crippen LogP contribution in [0.4, 0.5) is 5.69 Å². The van der Waals surface area contributed by atoms with Gasteiger partial charge in [0.05, 0.1) is 0 Å². The lowest BCUT2D eigenvalue weighted by Gasteiger charge is -2.09. The third-order valence-electron chi connectivity index (χ3n) is 3.74. The molecule has 26 heavy (non-hydrogen) atoms. The smallest absolute Gasteiger partial charge is 0.287 e. The summed E-state index contributed by atoms with van der Waals surface area (Å²) in [5, 5.41) is 16.3. The van der Waals surface area contributed by atoms with Crippen LogP contribution >= 0.6 is 0 Å². The molecule has 0 saturated heterocycles. The minimum absolute atomic E-state index is 0.0529. The first-order valence-corrected chi connectivity index (χ1v) is 7.92. The van der Waals surface area contributed by atoms with Gasteiger partial charge in [0, 0.05) is 30.1 Å². The fraction of sp³-hybridized carbons (Fsp3) is 0.105. The Morgan fingerprint density at radius 3 is 2.65 bits per heavy atom. The van der Waals surface area contributed by atoms with Gasteiger partial charge in [0.2, 0.25) is 11.3 Å². The first kappa shape index (κ1) is 17.2. The van der Waals surface area contributed by atoms with Crippen molar-refractivity contribution in [2.75, 3.05) is 11.9 Å². The number of fused-ring (bicyclic) bond motifs is 1. The number of nitrogens with one attached hydrogen (secondary N) is 2. The third kappa shape index (κ3) is 3.89. The van der Waals surface area contributed by atoms with Crippen molar-refractivity contribution in [2.24, 2.45) is 0 Å². The molecule has 0 atom stereocenters. The first-order valence-electron chi connectivity index (χ1n) is 7.92. The fourth-order valence-corrected chi connectivity index (χ4v) is 2.45. The van der Waals surface area contributed by atoms with Crippen molar-refractivity contribution in [3.05, 3.63) is 70.8 Å². The van der Waals surface area contributed by atoms with Gasteiger partial charge in [-0.05, 0) is 11.5 Å². The van der Waals surface area contributed by atoms with Crippen molar-refractivity contribution in [2.45, 2.75) is 6.42 Å². The van der Waals surface area contributed by atoms with Crippen molar-refractivity contribution >= 4 is 28.3 Å². The summed E-state index contributed by atoms with van der Waals surface area (Å²) in [6.45, 7) is 0.0695. The van der Waals surface area contributed by atoms with Crippen LogP contribution in [-0.4, -0.2) is 23.5 Å². The van der Waals surface area contributed by atoms with Crippen LogP contribution in [0.3, 0.4) is 0 Å². The van der Waals surface area contributed by atoms with Gasteiger partial charge in [-0.1, -0.05) is 36.4 Å². The van der Waals surface area contributed by atoms with Gasteiger partial charge in [-0.2, -0.15) is 0 Å². The van der Waals surface area contributed by atoms with E-state index in [1.54, 1.807) is 0 Å². The van der Waals surface area contributed by atoms with E-state index in [-0.39, 0.29) is 24.6 Å². The highest BCUT2D eigenvalue weighted by molar-refractivity contribution is 6.02. The average molecular weight is 352 g/mol. The second-order valence-corrected chi connectivity index (χ2v) is 5.57. The number of amides is 2. The van der Waals surface area contributed by atoms with Gasteiger partial charge in [-0.3, -0.25) is 14.4 Å². The van der Waals surface area contributed by atoms with Crippen molar-refractivity contribution in [1.82, 2.24) is 5.32 Å². The molecule has 7 nitrogen and oxygen atoms in total. The molecule has 0 aliphatic heterocycles. The van der Waals surface area contributed by atoms with Crippen LogP contribution in [0.5, 0.6) is 5.75 Å². The van der Waals surface area contributed by atoms with Gasteiger partial charge in [-0.25, -0.2) is 0 Å². The summed E-state index contributed by atoms with van der Waals surface area (Å²) in [5.74, 6) is -1.70. The Labute approximate surface area is 148 Å². The highest BCUT2D eigenvalue weighted by atomic mass is 16.4. The maximum atomic E-state index is 12.1. The lowest BCUT2D eigenvalue weighted by Crippen LogP contribution is -2.28. The van der Waals surface area contributed by atoms with Gasteiger partial charge >= 0.3 is 0 Å².